The summed E-state index contributed by atoms with van der Waals surface area (Å²) in [5.41, 5.74) is 0.754. The molecule has 1 aromatic heterocycles. The fourth-order valence-electron chi connectivity index (χ4n) is 2.83. The molecule has 1 fully saturated rings. The molecule has 0 bridgehead atoms. The molecule has 8 heteroatoms. The molecule has 2 amide bonds. The van der Waals surface area contributed by atoms with Crippen molar-refractivity contribution in [3.63, 3.8) is 0 Å². The minimum atomic E-state index is -1.02. The van der Waals surface area contributed by atoms with Gasteiger partial charge in [0.2, 0.25) is 5.91 Å². The van der Waals surface area contributed by atoms with E-state index in [1.165, 1.54) is 24.2 Å². The molecular weight excluding hydrogens is 327 g/mol. The number of likely N-dealkylation sites (N-methyl/N-ethyl adjacent to an activating group) is 1. The smallest absolute Gasteiger partial charge is 0.256 e. The van der Waals surface area contributed by atoms with E-state index in [0.717, 1.165) is 0 Å². The molecular formula is C17H19FN4O3. The number of benzene rings is 1. The number of morpholine rings is 1. The Morgan fingerprint density at radius 3 is 2.88 bits per heavy atom. The standard InChI is InChI=1S/C17H19FN4O3/c1-3-22-9-11(8-19-22)20-17(24)16-15(21(2)14(23)10-25-16)12-6-4-5-7-13(12)18/h4-9,15-16H,3,10H2,1-2H3,(H,20,24)/t15-,16+/m1/s1. The molecule has 0 radical (unpaired) electrons. The Hall–Kier alpha value is -2.74. The van der Waals surface area contributed by atoms with Crippen LogP contribution in [-0.4, -0.2) is 46.3 Å². The monoisotopic (exact) mass is 346 g/mol. The highest BCUT2D eigenvalue weighted by atomic mass is 19.1. The number of amides is 2. The molecule has 1 aromatic carbocycles. The average Bonchev–Trinajstić information content (AvgIpc) is 3.05. The molecule has 0 aliphatic carbocycles. The number of hydrogen-bond acceptors (Lipinski definition) is 4. The summed E-state index contributed by atoms with van der Waals surface area (Å²) in [6.07, 6.45) is 2.19. The highest BCUT2D eigenvalue weighted by molar-refractivity contribution is 5.96. The predicted octanol–water partition coefficient (Wildman–Crippen LogP) is 1.58. The van der Waals surface area contributed by atoms with Crippen LogP contribution in [0.1, 0.15) is 18.5 Å². The van der Waals surface area contributed by atoms with Gasteiger partial charge >= 0.3 is 0 Å². The van der Waals surface area contributed by atoms with Crippen LogP contribution in [0.15, 0.2) is 36.7 Å². The first-order chi connectivity index (χ1) is 12.0. The molecule has 3 rings (SSSR count). The summed E-state index contributed by atoms with van der Waals surface area (Å²) < 4.78 is 21.4. The minimum absolute atomic E-state index is 0.228. The average molecular weight is 346 g/mol. The Morgan fingerprint density at radius 2 is 2.20 bits per heavy atom. The van der Waals surface area contributed by atoms with Gasteiger partial charge in [-0.05, 0) is 13.0 Å². The third-order valence-electron chi connectivity index (χ3n) is 4.19. The summed E-state index contributed by atoms with van der Waals surface area (Å²) >= 11 is 0. The lowest BCUT2D eigenvalue weighted by Gasteiger charge is -2.38. The molecule has 2 heterocycles. The lowest BCUT2D eigenvalue weighted by molar-refractivity contribution is -0.160. The Balaban J connectivity index is 1.87. The highest BCUT2D eigenvalue weighted by Gasteiger charge is 2.41. The van der Waals surface area contributed by atoms with Crippen LogP contribution in [0.2, 0.25) is 0 Å². The van der Waals surface area contributed by atoms with E-state index in [2.05, 4.69) is 10.4 Å². The molecule has 132 valence electrons. The maximum atomic E-state index is 14.2. The van der Waals surface area contributed by atoms with E-state index in [1.54, 1.807) is 29.1 Å². The maximum Gasteiger partial charge on any atom is 0.256 e. The number of hydrogen-bond donors (Lipinski definition) is 1. The molecule has 0 saturated carbocycles. The molecule has 7 nitrogen and oxygen atoms in total. The van der Waals surface area contributed by atoms with E-state index < -0.39 is 23.9 Å². The lowest BCUT2D eigenvalue weighted by atomic mass is 9.97. The lowest BCUT2D eigenvalue weighted by Crippen LogP contribution is -2.51. The molecule has 0 spiro atoms. The number of ether oxygens (including phenoxy) is 1. The van der Waals surface area contributed by atoms with Crippen molar-refractivity contribution in [2.75, 3.05) is 19.0 Å². The molecule has 1 saturated heterocycles. The molecule has 25 heavy (non-hydrogen) atoms. The highest BCUT2D eigenvalue weighted by Crippen LogP contribution is 2.31. The number of anilines is 1. The van der Waals surface area contributed by atoms with Crippen LogP contribution in [0.25, 0.3) is 0 Å². The van der Waals surface area contributed by atoms with Gasteiger partial charge < -0.3 is 15.0 Å². The first kappa shape index (κ1) is 17.1. The molecule has 1 aliphatic rings. The van der Waals surface area contributed by atoms with Crippen LogP contribution < -0.4 is 5.32 Å². The number of halogens is 1. The van der Waals surface area contributed by atoms with E-state index in [-0.39, 0.29) is 18.1 Å². The SMILES string of the molecule is CCn1cc(NC(=O)[C@H]2OCC(=O)N(C)[C@@H]2c2ccccc2F)cn1. The number of nitrogens with zero attached hydrogens (tertiary/aromatic N) is 3. The van der Waals surface area contributed by atoms with E-state index in [9.17, 15) is 14.0 Å². The molecule has 1 N–H and O–H groups in total. The van der Waals surface area contributed by atoms with Gasteiger partial charge in [-0.15, -0.1) is 0 Å². The van der Waals surface area contributed by atoms with Crippen molar-refractivity contribution < 1.29 is 18.7 Å². The number of carbonyl (C=O) groups is 2. The van der Waals surface area contributed by atoms with E-state index in [4.69, 9.17) is 4.74 Å². The number of nitrogens with one attached hydrogen (secondary N) is 1. The van der Waals surface area contributed by atoms with E-state index in [0.29, 0.717) is 12.2 Å². The van der Waals surface area contributed by atoms with Crippen molar-refractivity contribution in [2.24, 2.45) is 0 Å². The summed E-state index contributed by atoms with van der Waals surface area (Å²) in [6.45, 7) is 2.37. The van der Waals surface area contributed by atoms with Gasteiger partial charge in [-0.2, -0.15) is 5.10 Å². The molecule has 0 unspecified atom stereocenters. The Morgan fingerprint density at radius 1 is 1.44 bits per heavy atom. The number of aryl methyl sites for hydroxylation is 1. The van der Waals surface area contributed by atoms with Crippen molar-refractivity contribution >= 4 is 17.5 Å². The van der Waals surface area contributed by atoms with Crippen LogP contribution in [0.5, 0.6) is 0 Å². The second-order valence-electron chi connectivity index (χ2n) is 5.78. The number of rotatable bonds is 4. The van der Waals surface area contributed by atoms with Gasteiger partial charge in [-0.3, -0.25) is 14.3 Å². The summed E-state index contributed by atoms with van der Waals surface area (Å²) in [5, 5.41) is 6.80. The summed E-state index contributed by atoms with van der Waals surface area (Å²) in [5.74, 6) is -1.26. The fraction of sp³-hybridized carbons (Fsp3) is 0.353. The quantitative estimate of drug-likeness (QED) is 0.912. The zero-order valence-electron chi connectivity index (χ0n) is 14.0. The number of aromatic nitrogens is 2. The van der Waals surface area contributed by atoms with Crippen LogP contribution >= 0.6 is 0 Å². The van der Waals surface area contributed by atoms with Crippen molar-refractivity contribution in [3.05, 3.63) is 48.0 Å². The zero-order chi connectivity index (χ0) is 18.0. The first-order valence-corrected chi connectivity index (χ1v) is 7.96. The molecule has 2 aromatic rings. The Kier molecular flexibility index (Phi) is 4.80. The number of carbonyl (C=O) groups excluding carboxylic acids is 2. The van der Waals surface area contributed by atoms with Gasteiger partial charge in [0.15, 0.2) is 6.10 Å². The zero-order valence-corrected chi connectivity index (χ0v) is 14.0. The molecule has 1 aliphatic heterocycles. The first-order valence-electron chi connectivity index (χ1n) is 7.96. The largest absolute Gasteiger partial charge is 0.356 e. The van der Waals surface area contributed by atoms with Gasteiger partial charge in [0, 0.05) is 25.4 Å². The Labute approximate surface area is 144 Å². The molecule has 2 atom stereocenters. The van der Waals surface area contributed by atoms with Gasteiger partial charge in [0.25, 0.3) is 5.91 Å². The van der Waals surface area contributed by atoms with Crippen molar-refractivity contribution in [1.82, 2.24) is 14.7 Å². The van der Waals surface area contributed by atoms with Gasteiger partial charge in [0.05, 0.1) is 17.9 Å². The third-order valence-corrected chi connectivity index (χ3v) is 4.19. The topological polar surface area (TPSA) is 76.5 Å². The second kappa shape index (κ2) is 7.02. The van der Waals surface area contributed by atoms with Crippen molar-refractivity contribution in [2.45, 2.75) is 25.6 Å². The fourth-order valence-corrected chi connectivity index (χ4v) is 2.83. The van der Waals surface area contributed by atoms with Crippen LogP contribution in [0, 0.1) is 5.82 Å². The van der Waals surface area contributed by atoms with E-state index in [1.807, 2.05) is 6.92 Å². The van der Waals surface area contributed by atoms with Gasteiger partial charge in [0.1, 0.15) is 12.4 Å². The summed E-state index contributed by atoms with van der Waals surface area (Å²) in [7, 11) is 1.54. The third kappa shape index (κ3) is 3.39. The minimum Gasteiger partial charge on any atom is -0.356 e. The Bertz CT molecular complexity index is 792. The predicted molar refractivity (Wildman–Crippen MR) is 88.2 cm³/mol. The summed E-state index contributed by atoms with van der Waals surface area (Å²) in [6, 6.07) is 5.21. The van der Waals surface area contributed by atoms with Gasteiger partial charge in [-0.1, -0.05) is 18.2 Å². The van der Waals surface area contributed by atoms with Crippen LogP contribution in [-0.2, 0) is 20.9 Å². The normalized spacial score (nSPS) is 20.6. The second-order valence-corrected chi connectivity index (χ2v) is 5.78. The van der Waals surface area contributed by atoms with Gasteiger partial charge in [-0.25, -0.2) is 4.39 Å². The van der Waals surface area contributed by atoms with Crippen LogP contribution in [0.3, 0.4) is 0 Å². The van der Waals surface area contributed by atoms with Crippen LogP contribution in [0.4, 0.5) is 10.1 Å². The van der Waals surface area contributed by atoms with E-state index >= 15 is 0 Å². The van der Waals surface area contributed by atoms with Crippen molar-refractivity contribution in [1.29, 1.82) is 0 Å². The maximum absolute atomic E-state index is 14.2. The van der Waals surface area contributed by atoms with Crippen molar-refractivity contribution in [3.8, 4) is 0 Å². The summed E-state index contributed by atoms with van der Waals surface area (Å²) in [4.78, 5) is 26.0.